The molecular weight excluding hydrogens is 1590 g/mol. The van der Waals surface area contributed by atoms with Crippen molar-refractivity contribution in [3.63, 3.8) is 0 Å². The van der Waals surface area contributed by atoms with Gasteiger partial charge in [0.25, 0.3) is 46.2 Å². The zero-order valence-electron chi connectivity index (χ0n) is 58.9. The fraction of sp³-hybridized carbons (Fsp3) is 0.205. The highest BCUT2D eigenvalue weighted by molar-refractivity contribution is 7.16. The van der Waals surface area contributed by atoms with Crippen LogP contribution in [0.4, 0.5) is 0 Å². The summed E-state index contributed by atoms with van der Waals surface area (Å²) in [4.78, 5) is 125. The fourth-order valence-corrected chi connectivity index (χ4v) is 14.6. The van der Waals surface area contributed by atoms with Gasteiger partial charge in [-0.05, 0) is 169 Å². The third kappa shape index (κ3) is 19.8. The minimum Gasteiger partial charge on any atom is -0.379 e. The number of H-pyrrole nitrogens is 3. The van der Waals surface area contributed by atoms with Gasteiger partial charge in [0, 0.05) is 62.4 Å². The Morgan fingerprint density at radius 1 is 0.468 bits per heavy atom. The van der Waals surface area contributed by atoms with Gasteiger partial charge in [-0.15, -0.1) is 34.0 Å². The highest BCUT2D eigenvalue weighted by Crippen LogP contribution is 2.35. The van der Waals surface area contributed by atoms with Crippen LogP contribution in [0.5, 0.6) is 0 Å². The first kappa shape index (κ1) is 81.3. The molecule has 1 aliphatic carbocycles. The lowest BCUT2D eigenvalue weighted by Crippen LogP contribution is -2.23. The Labute approximate surface area is 663 Å². The highest BCUT2D eigenvalue weighted by atomic mass is 35.5. The number of aromatic amines is 3. The summed E-state index contributed by atoms with van der Waals surface area (Å²) >= 11 is 39.3. The van der Waals surface area contributed by atoms with Gasteiger partial charge < -0.3 is 20.1 Å². The van der Waals surface area contributed by atoms with Crippen molar-refractivity contribution in [2.24, 2.45) is 21.2 Å². The zero-order chi connectivity index (χ0) is 78.5. The molecule has 0 radical (unpaired) electrons. The number of amides is 5. The number of rotatable bonds is 22. The normalized spacial score (nSPS) is 14.3. The number of benzene rings is 3. The number of aryl methyl sites for hydroxylation is 3. The Kier molecular flexibility index (Phi) is 27.4. The second-order valence-electron chi connectivity index (χ2n) is 24.1. The lowest BCUT2D eigenvalue weighted by Gasteiger charge is -2.15. The number of carbonyl (C=O) groups is 6. The van der Waals surface area contributed by atoms with E-state index in [1.807, 2.05) is 12.1 Å². The van der Waals surface area contributed by atoms with Crippen molar-refractivity contribution in [2.75, 3.05) is 14.2 Å². The molecule has 564 valence electrons. The number of pyridine rings is 2. The average molecular weight is 1650 g/mol. The Hall–Kier alpha value is -10.2. The van der Waals surface area contributed by atoms with E-state index in [-0.39, 0.29) is 58.9 Å². The molecule has 1 aliphatic rings. The first-order chi connectivity index (χ1) is 52.1. The van der Waals surface area contributed by atoms with E-state index in [0.29, 0.717) is 147 Å². The summed E-state index contributed by atoms with van der Waals surface area (Å²) in [7, 11) is 3.22. The number of ketones is 1. The molecule has 0 bridgehead atoms. The first-order valence-electron chi connectivity index (χ1n) is 32.7. The van der Waals surface area contributed by atoms with Crippen LogP contribution in [0, 0.1) is 26.7 Å². The maximum Gasteiger partial charge on any atom is 0.281 e. The van der Waals surface area contributed by atoms with Gasteiger partial charge in [-0.3, -0.25) is 68.4 Å². The second-order valence-corrected chi connectivity index (χ2v) is 29.8. The molecule has 0 spiro atoms. The third-order valence-electron chi connectivity index (χ3n) is 16.7. The predicted molar refractivity (Wildman–Crippen MR) is 425 cm³/mol. The van der Waals surface area contributed by atoms with Crippen molar-refractivity contribution in [2.45, 2.75) is 79.7 Å². The molecule has 5 amide bonds. The van der Waals surface area contributed by atoms with Gasteiger partial charge in [-0.2, -0.15) is 15.3 Å². The molecule has 12 rings (SSSR count). The minimum absolute atomic E-state index is 0.0314. The number of hydrogen-bond donors (Lipinski definition) is 8. The minimum atomic E-state index is -0.499. The predicted octanol–water partition coefficient (Wildman–Crippen LogP) is 13.3. The van der Waals surface area contributed by atoms with Crippen molar-refractivity contribution < 1.29 is 38.2 Å². The van der Waals surface area contributed by atoms with Crippen LogP contribution in [0.3, 0.4) is 0 Å². The second kappa shape index (κ2) is 36.8. The molecule has 109 heavy (non-hydrogen) atoms. The van der Waals surface area contributed by atoms with Crippen LogP contribution in [0.1, 0.15) is 137 Å². The number of nitrogens with one attached hydrogen (secondary N) is 8. The molecule has 0 saturated heterocycles. The van der Waals surface area contributed by atoms with Gasteiger partial charge in [0.2, 0.25) is 0 Å². The number of ether oxygens (including phenoxy) is 2. The lowest BCUT2D eigenvalue weighted by atomic mass is 10.0. The lowest BCUT2D eigenvalue weighted by molar-refractivity contribution is -0.0157. The summed E-state index contributed by atoms with van der Waals surface area (Å²) in [6.07, 6.45) is 5.87. The van der Waals surface area contributed by atoms with Crippen molar-refractivity contribution in [1.29, 1.82) is 0 Å². The summed E-state index contributed by atoms with van der Waals surface area (Å²) in [6.45, 7) is 10.6. The maximum atomic E-state index is 13.0. The number of hydrazone groups is 3. The molecule has 8 heterocycles. The van der Waals surface area contributed by atoms with Crippen LogP contribution in [-0.4, -0.2) is 118 Å². The number of methoxy groups -OCH3 is 2. The standard InChI is InChI=1S/C25H26Cl2N4O5S.2C24H20Cl2N6O3S/c1-12(22-13(2)30-31(25(22)34)15-5-6-16(26)17(27)11-15)28-29-24(33)21-8-7-20(37-21)23(32)14-9-18(35-3)19(10-14)36-4;1-13(21-14(2)31-32(24(21)35)16-5-6-17(25)18(26)10-16)29-30-23(34)20-8-7-19(36-20)22(33)28-12-15-4-3-9-27-11-15;1-13(21-14(2)31-32(24(21)35)16-6-7-17(25)18(26)11-16)29-30-23(34)20-9-8-19(36-20)22(33)28-12-15-5-3-4-10-27-15/h5-8,11,14,18-19,30H,9-10H2,1-4H3,(H,29,33);2*3-11,31H,12H2,1-2H3,(H,28,33)(H,30,34). The molecule has 27 nitrogen and oxygen atoms in total. The van der Waals surface area contributed by atoms with Gasteiger partial charge in [0.05, 0.1) is 135 Å². The number of aromatic nitrogens is 8. The smallest absolute Gasteiger partial charge is 0.281 e. The van der Waals surface area contributed by atoms with Crippen LogP contribution >= 0.6 is 104 Å². The Balaban J connectivity index is 0.000000174. The Morgan fingerprint density at radius 2 is 0.835 bits per heavy atom. The number of hydrogen-bond acceptors (Lipinski definition) is 19. The van der Waals surface area contributed by atoms with E-state index < -0.39 is 17.7 Å². The summed E-state index contributed by atoms with van der Waals surface area (Å²) < 4.78 is 14.8. The monoisotopic (exact) mass is 1650 g/mol. The molecule has 8 aromatic heterocycles. The molecule has 2 unspecified atom stereocenters. The molecule has 8 N–H and O–H groups in total. The third-order valence-corrected chi connectivity index (χ3v) is 22.2. The van der Waals surface area contributed by atoms with Gasteiger partial charge in [-0.25, -0.2) is 30.3 Å². The van der Waals surface area contributed by atoms with Gasteiger partial charge in [0.1, 0.15) is 0 Å². The number of halogens is 6. The maximum absolute atomic E-state index is 13.0. The fourth-order valence-electron chi connectivity index (χ4n) is 11.2. The summed E-state index contributed by atoms with van der Waals surface area (Å²) in [6, 6.07) is 33.0. The molecule has 1 saturated carbocycles. The van der Waals surface area contributed by atoms with Gasteiger partial charge in [0.15, 0.2) is 5.78 Å². The number of carbonyl (C=O) groups excluding carboxylic acids is 6. The summed E-state index contributed by atoms with van der Waals surface area (Å²) in [5.41, 5.74) is 13.0. The van der Waals surface area contributed by atoms with Crippen LogP contribution in [0.2, 0.25) is 30.1 Å². The molecule has 0 aliphatic heterocycles. The molecule has 11 aromatic rings. The van der Waals surface area contributed by atoms with Crippen LogP contribution < -0.4 is 43.6 Å². The summed E-state index contributed by atoms with van der Waals surface area (Å²) in [5, 5.41) is 28.9. The highest BCUT2D eigenvalue weighted by Gasteiger charge is 2.39. The average Bonchev–Trinajstić information content (AvgIpc) is 1.65. The van der Waals surface area contributed by atoms with E-state index in [4.69, 9.17) is 79.1 Å². The number of nitrogens with zero attached hydrogens (tertiary/aromatic N) is 8. The zero-order valence-corrected chi connectivity index (χ0v) is 65.9. The quantitative estimate of drug-likeness (QED) is 0.0178. The van der Waals surface area contributed by atoms with E-state index in [9.17, 15) is 43.2 Å². The molecule has 36 heteroatoms. The van der Waals surface area contributed by atoms with Crippen LogP contribution in [-0.2, 0) is 22.6 Å². The molecular formula is C73H66Cl6N16O11S3. The van der Waals surface area contributed by atoms with Crippen molar-refractivity contribution in [3.05, 3.63) is 275 Å². The summed E-state index contributed by atoms with van der Waals surface area (Å²) in [5.74, 6) is -2.33. The van der Waals surface area contributed by atoms with E-state index in [1.54, 1.807) is 184 Å². The van der Waals surface area contributed by atoms with Crippen molar-refractivity contribution in [3.8, 4) is 17.1 Å². The SMILES string of the molecule is CC(=NNC(=O)c1ccc(C(=O)NCc2ccccn2)s1)c1c(C)[nH]n(-c2ccc(Cl)c(Cl)c2)c1=O.CC(=NNC(=O)c1ccc(C(=O)NCc2cccnc2)s1)c1c(C)[nH]n(-c2ccc(Cl)c(Cl)c2)c1=O.COC1CC(C(=O)c2ccc(C(=O)NN=C(C)c3c(C)[nH]n(-c4ccc(Cl)c(Cl)c4)c3=O)s2)CC1OC. The van der Waals surface area contributed by atoms with Crippen LogP contribution in [0.25, 0.3) is 17.1 Å². The number of thiophene rings is 3. The first-order valence-corrected chi connectivity index (χ1v) is 37.5. The van der Waals surface area contributed by atoms with Crippen molar-refractivity contribution in [1.82, 2.24) is 66.2 Å². The molecule has 1 fully saturated rings. The molecule has 3 aromatic carbocycles. The van der Waals surface area contributed by atoms with Crippen LogP contribution in [0.15, 0.2) is 170 Å². The van der Waals surface area contributed by atoms with Gasteiger partial charge in [-0.1, -0.05) is 81.7 Å². The van der Waals surface area contributed by atoms with Crippen molar-refractivity contribution >= 4 is 156 Å². The van der Waals surface area contributed by atoms with E-state index in [2.05, 4.69) is 67.5 Å². The Morgan fingerprint density at radius 3 is 1.18 bits per heavy atom. The van der Waals surface area contributed by atoms with E-state index >= 15 is 0 Å². The largest absolute Gasteiger partial charge is 0.379 e. The molecule has 2 atom stereocenters. The Bertz CT molecular complexity index is 5300. The van der Waals surface area contributed by atoms with E-state index in [0.717, 1.165) is 45.3 Å². The van der Waals surface area contributed by atoms with Gasteiger partial charge >= 0.3 is 0 Å². The topological polar surface area (TPSA) is 357 Å². The number of Topliss-reactive ketones (excluding diaryl/α,β-unsaturated/α-hetero) is 1. The van der Waals surface area contributed by atoms with E-state index in [1.165, 1.54) is 14.0 Å².